The number of benzene rings is 2. The molecule has 1 N–H and O–H groups in total. The molecule has 2 heteroatoms. The second kappa shape index (κ2) is 4.30. The van der Waals surface area contributed by atoms with E-state index >= 15 is 0 Å². The summed E-state index contributed by atoms with van der Waals surface area (Å²) in [5.74, 6) is 0.559. The molecule has 1 aliphatic rings. The van der Waals surface area contributed by atoms with E-state index in [1.54, 1.807) is 12.1 Å². The summed E-state index contributed by atoms with van der Waals surface area (Å²) in [6.45, 7) is 0. The lowest BCUT2D eigenvalue weighted by Gasteiger charge is -2.25. The van der Waals surface area contributed by atoms with Gasteiger partial charge in [-0.1, -0.05) is 36.4 Å². The molecule has 1 aliphatic carbocycles. The average molecular weight is 238 g/mol. The first-order valence-electron chi connectivity index (χ1n) is 6.17. The number of carbonyl (C=O) groups is 1. The Morgan fingerprint density at radius 1 is 1.06 bits per heavy atom. The van der Waals surface area contributed by atoms with Crippen molar-refractivity contribution in [2.75, 3.05) is 0 Å². The number of Topliss-reactive ketones (excluding diaryl/α,β-unsaturated/α-hetero) is 1. The number of hydrogen-bond donors (Lipinski definition) is 1. The summed E-state index contributed by atoms with van der Waals surface area (Å²) >= 11 is 0. The van der Waals surface area contributed by atoms with Gasteiger partial charge in [-0.05, 0) is 29.7 Å². The van der Waals surface area contributed by atoms with Gasteiger partial charge in [0.2, 0.25) is 0 Å². The van der Waals surface area contributed by atoms with E-state index in [-0.39, 0.29) is 17.5 Å². The van der Waals surface area contributed by atoms with E-state index in [4.69, 9.17) is 0 Å². The van der Waals surface area contributed by atoms with Gasteiger partial charge in [0.1, 0.15) is 5.75 Å². The minimum Gasteiger partial charge on any atom is -0.508 e. The van der Waals surface area contributed by atoms with Gasteiger partial charge in [0.25, 0.3) is 0 Å². The maximum absolute atomic E-state index is 11.9. The van der Waals surface area contributed by atoms with Crippen molar-refractivity contribution in [2.24, 2.45) is 0 Å². The third-order valence-electron chi connectivity index (χ3n) is 3.57. The van der Waals surface area contributed by atoms with Crippen LogP contribution in [0.1, 0.15) is 40.2 Å². The van der Waals surface area contributed by atoms with E-state index in [0.29, 0.717) is 12.0 Å². The van der Waals surface area contributed by atoms with Gasteiger partial charge in [0.05, 0.1) is 0 Å². The molecule has 0 heterocycles. The van der Waals surface area contributed by atoms with Crippen LogP contribution in [0.15, 0.2) is 48.5 Å². The number of phenolic OH excluding ortho intramolecular Hbond substituents is 1. The summed E-state index contributed by atoms with van der Waals surface area (Å²) in [5, 5.41) is 9.51. The van der Waals surface area contributed by atoms with Crippen LogP contribution >= 0.6 is 0 Å². The fraction of sp³-hybridized carbons (Fsp3) is 0.188. The Morgan fingerprint density at radius 3 is 2.61 bits per heavy atom. The summed E-state index contributed by atoms with van der Waals surface area (Å²) in [5.41, 5.74) is 2.95. The average Bonchev–Trinajstić information content (AvgIpc) is 2.41. The van der Waals surface area contributed by atoms with E-state index in [9.17, 15) is 9.90 Å². The fourth-order valence-electron chi connectivity index (χ4n) is 2.69. The highest BCUT2D eigenvalue weighted by molar-refractivity contribution is 5.99. The highest BCUT2D eigenvalue weighted by Crippen LogP contribution is 2.37. The van der Waals surface area contributed by atoms with Crippen LogP contribution in [0.5, 0.6) is 5.75 Å². The number of hydrogen-bond acceptors (Lipinski definition) is 2. The lowest BCUT2D eigenvalue weighted by Crippen LogP contribution is -2.16. The normalized spacial score (nSPS) is 18.4. The standard InChI is InChI=1S/C16H14O2/c17-12-6-7-14-13(11-4-2-1-3-5-11)8-9-16(18)15(14)10-12/h1-7,10,13,17H,8-9H2. The Morgan fingerprint density at radius 2 is 1.83 bits per heavy atom. The third kappa shape index (κ3) is 1.80. The van der Waals surface area contributed by atoms with Crippen molar-refractivity contribution in [3.8, 4) is 5.75 Å². The molecule has 18 heavy (non-hydrogen) atoms. The quantitative estimate of drug-likeness (QED) is 0.825. The SMILES string of the molecule is O=C1CCC(c2ccccc2)c2ccc(O)cc21. The molecule has 0 bridgehead atoms. The number of rotatable bonds is 1. The van der Waals surface area contributed by atoms with Crippen LogP contribution in [0.2, 0.25) is 0 Å². The molecule has 2 aromatic rings. The topological polar surface area (TPSA) is 37.3 Å². The molecule has 0 aliphatic heterocycles. The van der Waals surface area contributed by atoms with E-state index in [1.165, 1.54) is 5.56 Å². The predicted molar refractivity (Wildman–Crippen MR) is 70.0 cm³/mol. The van der Waals surface area contributed by atoms with Crippen LogP contribution in [0, 0.1) is 0 Å². The smallest absolute Gasteiger partial charge is 0.163 e. The van der Waals surface area contributed by atoms with Gasteiger partial charge in [-0.3, -0.25) is 4.79 Å². The van der Waals surface area contributed by atoms with Crippen LogP contribution in [-0.2, 0) is 0 Å². The van der Waals surface area contributed by atoms with Crippen molar-refractivity contribution >= 4 is 5.78 Å². The zero-order valence-corrected chi connectivity index (χ0v) is 9.97. The molecular formula is C16H14O2. The molecule has 90 valence electrons. The zero-order chi connectivity index (χ0) is 12.5. The second-order valence-corrected chi connectivity index (χ2v) is 4.70. The number of fused-ring (bicyclic) bond motifs is 1. The third-order valence-corrected chi connectivity index (χ3v) is 3.57. The van der Waals surface area contributed by atoms with Gasteiger partial charge >= 0.3 is 0 Å². The number of aromatic hydroxyl groups is 1. The van der Waals surface area contributed by atoms with E-state index in [0.717, 1.165) is 12.0 Å². The minimum atomic E-state index is 0.132. The monoisotopic (exact) mass is 238 g/mol. The molecular weight excluding hydrogens is 224 g/mol. The molecule has 0 saturated carbocycles. The molecule has 0 saturated heterocycles. The van der Waals surface area contributed by atoms with Crippen molar-refractivity contribution in [1.82, 2.24) is 0 Å². The molecule has 2 nitrogen and oxygen atoms in total. The van der Waals surface area contributed by atoms with Crippen molar-refractivity contribution in [3.63, 3.8) is 0 Å². The van der Waals surface area contributed by atoms with Crippen molar-refractivity contribution in [3.05, 3.63) is 65.2 Å². The summed E-state index contributed by atoms with van der Waals surface area (Å²) in [6, 6.07) is 15.3. The molecule has 3 rings (SSSR count). The molecule has 0 aromatic heterocycles. The van der Waals surface area contributed by atoms with Gasteiger partial charge in [-0.2, -0.15) is 0 Å². The molecule has 0 fully saturated rings. The zero-order valence-electron chi connectivity index (χ0n) is 9.97. The summed E-state index contributed by atoms with van der Waals surface area (Å²) in [7, 11) is 0. The summed E-state index contributed by atoms with van der Waals surface area (Å²) < 4.78 is 0. The number of ketones is 1. The number of phenols is 1. The van der Waals surface area contributed by atoms with Gasteiger partial charge in [0, 0.05) is 17.9 Å². The van der Waals surface area contributed by atoms with Crippen molar-refractivity contribution < 1.29 is 9.90 Å². The van der Waals surface area contributed by atoms with Gasteiger partial charge < -0.3 is 5.11 Å². The van der Waals surface area contributed by atoms with Crippen molar-refractivity contribution in [2.45, 2.75) is 18.8 Å². The maximum Gasteiger partial charge on any atom is 0.163 e. The first-order chi connectivity index (χ1) is 8.75. The lowest BCUT2D eigenvalue weighted by atomic mass is 9.78. The largest absolute Gasteiger partial charge is 0.508 e. The van der Waals surface area contributed by atoms with Crippen LogP contribution < -0.4 is 0 Å². The highest BCUT2D eigenvalue weighted by atomic mass is 16.3. The Labute approximate surface area is 106 Å². The van der Waals surface area contributed by atoms with Crippen molar-refractivity contribution in [1.29, 1.82) is 0 Å². The van der Waals surface area contributed by atoms with Gasteiger partial charge in [0.15, 0.2) is 5.78 Å². The predicted octanol–water partition coefficient (Wildman–Crippen LogP) is 3.50. The minimum absolute atomic E-state index is 0.132. The first kappa shape index (κ1) is 11.0. The number of carbonyl (C=O) groups excluding carboxylic acids is 1. The molecule has 0 spiro atoms. The molecule has 1 unspecified atom stereocenters. The van der Waals surface area contributed by atoms with Gasteiger partial charge in [-0.15, -0.1) is 0 Å². The molecule has 0 amide bonds. The summed E-state index contributed by atoms with van der Waals surface area (Å²) in [6.07, 6.45) is 1.40. The van der Waals surface area contributed by atoms with Crippen LogP contribution in [-0.4, -0.2) is 10.9 Å². The van der Waals surface area contributed by atoms with Crippen LogP contribution in [0.25, 0.3) is 0 Å². The lowest BCUT2D eigenvalue weighted by molar-refractivity contribution is 0.0969. The maximum atomic E-state index is 11.9. The highest BCUT2D eigenvalue weighted by Gasteiger charge is 2.26. The molecule has 0 radical (unpaired) electrons. The van der Waals surface area contributed by atoms with Gasteiger partial charge in [-0.25, -0.2) is 0 Å². The van der Waals surface area contributed by atoms with E-state index in [2.05, 4.69) is 12.1 Å². The Bertz CT molecular complexity index is 587. The van der Waals surface area contributed by atoms with E-state index < -0.39 is 0 Å². The molecule has 1 atom stereocenters. The second-order valence-electron chi connectivity index (χ2n) is 4.70. The van der Waals surface area contributed by atoms with E-state index in [1.807, 2.05) is 24.3 Å². The Balaban J connectivity index is 2.11. The first-order valence-corrected chi connectivity index (χ1v) is 6.17. The Kier molecular flexibility index (Phi) is 2.63. The Hall–Kier alpha value is -2.09. The van der Waals surface area contributed by atoms with Crippen LogP contribution in [0.3, 0.4) is 0 Å². The molecule has 2 aromatic carbocycles. The van der Waals surface area contributed by atoms with Crippen LogP contribution in [0.4, 0.5) is 0 Å². The fourth-order valence-corrected chi connectivity index (χ4v) is 2.69. The summed E-state index contributed by atoms with van der Waals surface area (Å²) in [4.78, 5) is 11.9.